The van der Waals surface area contributed by atoms with Crippen LogP contribution >= 0.6 is 0 Å². The Hall–Kier alpha value is -3.68. The molecule has 152 valence electrons. The maximum atomic E-state index is 12.6. The number of carbonyl (C=O) groups excluding carboxylic acids is 1. The van der Waals surface area contributed by atoms with Gasteiger partial charge < -0.3 is 15.2 Å². The number of aromatic nitrogens is 3. The third-order valence-corrected chi connectivity index (χ3v) is 5.97. The van der Waals surface area contributed by atoms with Crippen molar-refractivity contribution in [3.05, 3.63) is 66.0 Å². The molecule has 3 aromatic rings. The number of ether oxygens (including phenoxy) is 1. The van der Waals surface area contributed by atoms with Gasteiger partial charge in [-0.1, -0.05) is 12.1 Å². The highest BCUT2D eigenvalue weighted by Gasteiger charge is 2.72. The van der Waals surface area contributed by atoms with E-state index >= 15 is 0 Å². The van der Waals surface area contributed by atoms with Crippen LogP contribution in [0.15, 0.2) is 54.9 Å². The van der Waals surface area contributed by atoms with Crippen LogP contribution in [0.2, 0.25) is 0 Å². The summed E-state index contributed by atoms with van der Waals surface area (Å²) in [4.78, 5) is 28.2. The van der Waals surface area contributed by atoms with Gasteiger partial charge in [0.2, 0.25) is 0 Å². The number of nitrogens with zero attached hydrogens (tertiary/aromatic N) is 2. The van der Waals surface area contributed by atoms with Crippen molar-refractivity contribution in [3.8, 4) is 17.1 Å². The van der Waals surface area contributed by atoms with Crippen molar-refractivity contribution >= 4 is 11.9 Å². The predicted octanol–water partition coefficient (Wildman–Crippen LogP) is 2.79. The normalized spacial score (nSPS) is 23.7. The molecule has 2 heterocycles. The number of aromatic amines is 1. The molecular formula is C22H20N4O4. The largest absolute Gasteiger partial charge is 0.487 e. The van der Waals surface area contributed by atoms with Gasteiger partial charge in [0.25, 0.3) is 5.91 Å². The van der Waals surface area contributed by atoms with E-state index < -0.39 is 11.4 Å². The van der Waals surface area contributed by atoms with Crippen molar-refractivity contribution in [1.29, 1.82) is 0 Å². The summed E-state index contributed by atoms with van der Waals surface area (Å²) in [5.41, 5.74) is 2.06. The first-order valence-corrected chi connectivity index (χ1v) is 9.71. The third kappa shape index (κ3) is 3.10. The molecule has 3 N–H and O–H groups in total. The molecule has 0 unspecified atom stereocenters. The van der Waals surface area contributed by atoms with Gasteiger partial charge in [-0.25, -0.2) is 0 Å². The zero-order valence-corrected chi connectivity index (χ0v) is 16.1. The van der Waals surface area contributed by atoms with Crippen LogP contribution in [0.3, 0.4) is 0 Å². The van der Waals surface area contributed by atoms with Crippen molar-refractivity contribution in [1.82, 2.24) is 20.5 Å². The minimum atomic E-state index is -0.759. The smallest absolute Gasteiger partial charge is 0.309 e. The SMILES string of the molecule is O=C(NC12CC(C(=O)O)(C1)C2)c1cccc(COc2ccc(-c3ccn[nH]3)nc2)c1. The third-order valence-electron chi connectivity index (χ3n) is 5.97. The molecule has 0 aliphatic heterocycles. The lowest BCUT2D eigenvalue weighted by Crippen LogP contribution is -2.77. The molecule has 1 amide bonds. The number of hydrogen-bond donors (Lipinski definition) is 3. The number of carboxylic acid groups (broad SMARTS) is 1. The monoisotopic (exact) mass is 404 g/mol. The summed E-state index contributed by atoms with van der Waals surface area (Å²) in [6.45, 7) is 0.305. The molecule has 0 saturated heterocycles. The summed E-state index contributed by atoms with van der Waals surface area (Å²) >= 11 is 0. The molecule has 3 fully saturated rings. The Morgan fingerprint density at radius 1 is 1.17 bits per heavy atom. The Kier molecular flexibility index (Phi) is 4.09. The molecule has 6 rings (SSSR count). The van der Waals surface area contributed by atoms with Crippen LogP contribution in [-0.4, -0.2) is 37.7 Å². The number of carboxylic acids is 1. The molecule has 3 aliphatic rings. The summed E-state index contributed by atoms with van der Waals surface area (Å²) in [6.07, 6.45) is 4.87. The fourth-order valence-electron chi connectivity index (χ4n) is 4.45. The second-order valence-corrected chi connectivity index (χ2v) is 8.19. The Balaban J connectivity index is 1.18. The van der Waals surface area contributed by atoms with E-state index in [1.54, 1.807) is 24.5 Å². The van der Waals surface area contributed by atoms with Gasteiger partial charge in [-0.3, -0.25) is 19.7 Å². The zero-order valence-electron chi connectivity index (χ0n) is 16.1. The highest BCUT2D eigenvalue weighted by Crippen LogP contribution is 2.67. The van der Waals surface area contributed by atoms with E-state index in [1.165, 1.54) is 0 Å². The van der Waals surface area contributed by atoms with Crippen molar-refractivity contribution in [3.63, 3.8) is 0 Å². The Labute approximate surface area is 172 Å². The number of pyridine rings is 1. The van der Waals surface area contributed by atoms with Gasteiger partial charge in [-0.2, -0.15) is 5.10 Å². The van der Waals surface area contributed by atoms with E-state index in [2.05, 4.69) is 20.5 Å². The number of carbonyl (C=O) groups is 2. The van der Waals surface area contributed by atoms with Gasteiger partial charge in [0.05, 0.1) is 23.0 Å². The standard InChI is InChI=1S/C22H20N4O4/c27-19(25-22-11-21(12-22,13-22)20(28)29)15-3-1-2-14(8-15)10-30-16-4-5-17(23-9-16)18-6-7-24-26-18/h1-9H,10-13H2,(H,24,26)(H,25,27)(H,28,29). The van der Waals surface area contributed by atoms with Gasteiger partial charge in [-0.05, 0) is 55.2 Å². The Morgan fingerprint density at radius 3 is 2.67 bits per heavy atom. The lowest BCUT2D eigenvalue weighted by molar-refractivity contribution is -0.196. The molecular weight excluding hydrogens is 384 g/mol. The number of rotatable bonds is 7. The highest BCUT2D eigenvalue weighted by atomic mass is 16.5. The molecule has 3 aliphatic carbocycles. The van der Waals surface area contributed by atoms with Crippen LogP contribution in [0.4, 0.5) is 0 Å². The lowest BCUT2D eigenvalue weighted by Gasteiger charge is -2.67. The maximum Gasteiger partial charge on any atom is 0.309 e. The average Bonchev–Trinajstić information content (AvgIpc) is 3.23. The van der Waals surface area contributed by atoms with Crippen molar-refractivity contribution in [2.75, 3.05) is 0 Å². The van der Waals surface area contributed by atoms with E-state index in [1.807, 2.05) is 30.3 Å². The van der Waals surface area contributed by atoms with E-state index in [-0.39, 0.29) is 11.4 Å². The first-order valence-electron chi connectivity index (χ1n) is 9.71. The first kappa shape index (κ1) is 18.4. The number of nitrogens with one attached hydrogen (secondary N) is 2. The maximum absolute atomic E-state index is 12.6. The van der Waals surface area contributed by atoms with Gasteiger partial charge >= 0.3 is 5.97 Å². The fourth-order valence-corrected chi connectivity index (χ4v) is 4.45. The number of H-pyrrole nitrogens is 1. The van der Waals surface area contributed by atoms with Gasteiger partial charge in [-0.15, -0.1) is 0 Å². The van der Waals surface area contributed by atoms with Crippen LogP contribution in [0.1, 0.15) is 35.2 Å². The van der Waals surface area contributed by atoms with Crippen LogP contribution in [0, 0.1) is 5.41 Å². The Morgan fingerprint density at radius 2 is 2.00 bits per heavy atom. The minimum absolute atomic E-state index is 0.180. The van der Waals surface area contributed by atoms with Gasteiger partial charge in [0.15, 0.2) is 0 Å². The zero-order chi connectivity index (χ0) is 20.8. The molecule has 30 heavy (non-hydrogen) atoms. The van der Waals surface area contributed by atoms with Crippen LogP contribution in [0.5, 0.6) is 5.75 Å². The fraction of sp³-hybridized carbons (Fsp3) is 0.273. The Bertz CT molecular complexity index is 1090. The number of amides is 1. The van der Waals surface area contributed by atoms with Gasteiger partial charge in [0, 0.05) is 17.3 Å². The van der Waals surface area contributed by atoms with Crippen molar-refractivity contribution in [2.45, 2.75) is 31.4 Å². The predicted molar refractivity (Wildman–Crippen MR) is 107 cm³/mol. The number of benzene rings is 1. The first-order chi connectivity index (χ1) is 14.5. The molecule has 8 nitrogen and oxygen atoms in total. The highest BCUT2D eigenvalue weighted by molar-refractivity contribution is 5.96. The van der Waals surface area contributed by atoms with Gasteiger partial charge in [0.1, 0.15) is 12.4 Å². The molecule has 2 bridgehead atoms. The van der Waals surface area contributed by atoms with E-state index in [9.17, 15) is 14.7 Å². The summed E-state index contributed by atoms with van der Waals surface area (Å²) < 4.78 is 5.79. The van der Waals surface area contributed by atoms with Crippen LogP contribution in [-0.2, 0) is 11.4 Å². The van der Waals surface area contributed by atoms with E-state index in [0.717, 1.165) is 17.0 Å². The van der Waals surface area contributed by atoms with Crippen molar-refractivity contribution < 1.29 is 19.4 Å². The minimum Gasteiger partial charge on any atom is -0.487 e. The molecule has 2 aromatic heterocycles. The quantitative estimate of drug-likeness (QED) is 0.557. The van der Waals surface area contributed by atoms with E-state index in [0.29, 0.717) is 37.2 Å². The molecule has 1 aromatic carbocycles. The number of aliphatic carboxylic acids is 1. The summed E-state index contributed by atoms with van der Waals surface area (Å²) in [7, 11) is 0. The second kappa shape index (κ2) is 6.69. The van der Waals surface area contributed by atoms with Crippen LogP contribution in [0.25, 0.3) is 11.4 Å². The topological polar surface area (TPSA) is 117 Å². The molecule has 0 radical (unpaired) electrons. The molecule has 8 heteroatoms. The van der Waals surface area contributed by atoms with E-state index in [4.69, 9.17) is 4.74 Å². The van der Waals surface area contributed by atoms with Crippen molar-refractivity contribution in [2.24, 2.45) is 5.41 Å². The molecule has 0 atom stereocenters. The summed E-state index contributed by atoms with van der Waals surface area (Å²) in [5.74, 6) is -0.313. The lowest BCUT2D eigenvalue weighted by atomic mass is 9.39. The number of hydrogen-bond acceptors (Lipinski definition) is 5. The molecule has 3 saturated carbocycles. The summed E-state index contributed by atoms with van der Waals surface area (Å²) in [6, 6.07) is 12.8. The average molecular weight is 404 g/mol. The molecule has 0 spiro atoms. The second-order valence-electron chi connectivity index (χ2n) is 8.19. The summed E-state index contributed by atoms with van der Waals surface area (Å²) in [5, 5.41) is 19.0. The van der Waals surface area contributed by atoms with Crippen LogP contribution < -0.4 is 10.1 Å².